The molecule has 0 spiro atoms. The van der Waals surface area contributed by atoms with Crippen LogP contribution in [0.3, 0.4) is 0 Å². The van der Waals surface area contributed by atoms with Crippen LogP contribution in [-0.4, -0.2) is 46.9 Å². The number of benzene rings is 2. The van der Waals surface area contributed by atoms with Crippen LogP contribution in [0.5, 0.6) is 11.5 Å². The van der Waals surface area contributed by atoms with Gasteiger partial charge in [0.1, 0.15) is 18.0 Å². The van der Waals surface area contributed by atoms with E-state index < -0.39 is 5.60 Å². The average molecular weight is 466 g/mol. The van der Waals surface area contributed by atoms with E-state index in [1.807, 2.05) is 30.3 Å². The first-order chi connectivity index (χ1) is 16.4. The van der Waals surface area contributed by atoms with Gasteiger partial charge in [-0.2, -0.15) is 0 Å². The molecule has 0 radical (unpaired) electrons. The Morgan fingerprint density at radius 1 is 1.03 bits per heavy atom. The molecule has 0 amide bonds. The normalized spacial score (nSPS) is 16.8. The van der Waals surface area contributed by atoms with Crippen molar-refractivity contribution in [3.05, 3.63) is 78.0 Å². The fraction of sp³-hybridized carbons (Fsp3) is 0.464. The summed E-state index contributed by atoms with van der Waals surface area (Å²) < 4.78 is 12.8. The molecule has 6 heteroatoms. The van der Waals surface area contributed by atoms with Crippen molar-refractivity contribution < 1.29 is 23.9 Å². The van der Waals surface area contributed by atoms with Gasteiger partial charge < -0.3 is 23.9 Å². The van der Waals surface area contributed by atoms with E-state index in [0.717, 1.165) is 60.2 Å². The third-order valence-corrected chi connectivity index (χ3v) is 6.89. The number of nitrogens with zero attached hydrogens (tertiary/aromatic N) is 2. The predicted molar refractivity (Wildman–Crippen MR) is 131 cm³/mol. The fourth-order valence-electron chi connectivity index (χ4n) is 5.03. The molecule has 182 valence electrons. The number of quaternary nitrogens is 1. The van der Waals surface area contributed by atoms with Crippen molar-refractivity contribution in [2.24, 2.45) is 5.92 Å². The molecule has 1 aromatic heterocycles. The SMILES string of the molecule is C[N+](C)(CCCOc1ccc(O)cc1)Cc1cnc(C(O)(c2ccccc2)C2CCCCC2)o1. The molecule has 0 saturated heterocycles. The summed E-state index contributed by atoms with van der Waals surface area (Å²) in [5, 5.41) is 21.4. The Morgan fingerprint density at radius 2 is 1.74 bits per heavy atom. The molecule has 1 fully saturated rings. The average Bonchev–Trinajstić information content (AvgIpc) is 3.32. The van der Waals surface area contributed by atoms with Crippen molar-refractivity contribution in [1.82, 2.24) is 4.98 Å². The van der Waals surface area contributed by atoms with Gasteiger partial charge in [-0.3, -0.25) is 0 Å². The van der Waals surface area contributed by atoms with E-state index in [9.17, 15) is 10.2 Å². The minimum Gasteiger partial charge on any atom is -0.508 e. The molecule has 0 bridgehead atoms. The highest BCUT2D eigenvalue weighted by Gasteiger charge is 2.44. The Hall–Kier alpha value is -2.83. The lowest BCUT2D eigenvalue weighted by Crippen LogP contribution is -2.40. The smallest absolute Gasteiger partial charge is 0.231 e. The second kappa shape index (κ2) is 10.6. The lowest BCUT2D eigenvalue weighted by Gasteiger charge is -2.36. The van der Waals surface area contributed by atoms with Gasteiger partial charge in [0.25, 0.3) is 0 Å². The second-order valence-electron chi connectivity index (χ2n) is 10.1. The van der Waals surface area contributed by atoms with Crippen molar-refractivity contribution in [1.29, 1.82) is 0 Å². The first-order valence-electron chi connectivity index (χ1n) is 12.3. The van der Waals surface area contributed by atoms with E-state index in [1.165, 1.54) is 6.42 Å². The summed E-state index contributed by atoms with van der Waals surface area (Å²) in [6.07, 6.45) is 8.09. The molecule has 1 saturated carbocycles. The molecule has 1 aliphatic rings. The van der Waals surface area contributed by atoms with Gasteiger partial charge in [0.2, 0.25) is 5.89 Å². The van der Waals surface area contributed by atoms with Gasteiger partial charge in [-0.05, 0) is 42.7 Å². The van der Waals surface area contributed by atoms with Crippen LogP contribution in [0, 0.1) is 5.92 Å². The number of rotatable bonds is 10. The number of hydrogen-bond acceptors (Lipinski definition) is 5. The number of aromatic nitrogens is 1. The number of phenols is 1. The molecular formula is C28H37N2O4+. The van der Waals surface area contributed by atoms with Gasteiger partial charge in [0.05, 0.1) is 33.4 Å². The Labute approximate surface area is 202 Å². The monoisotopic (exact) mass is 465 g/mol. The molecule has 4 rings (SSSR count). The number of hydrogen-bond donors (Lipinski definition) is 2. The third-order valence-electron chi connectivity index (χ3n) is 6.89. The summed E-state index contributed by atoms with van der Waals surface area (Å²) in [6, 6.07) is 16.6. The highest BCUT2D eigenvalue weighted by atomic mass is 16.5. The van der Waals surface area contributed by atoms with Crippen molar-refractivity contribution in [3.8, 4) is 11.5 Å². The van der Waals surface area contributed by atoms with Crippen molar-refractivity contribution in [3.63, 3.8) is 0 Å². The maximum Gasteiger partial charge on any atom is 0.231 e. The topological polar surface area (TPSA) is 75.7 Å². The molecule has 34 heavy (non-hydrogen) atoms. The van der Waals surface area contributed by atoms with Crippen LogP contribution < -0.4 is 4.74 Å². The summed E-state index contributed by atoms with van der Waals surface area (Å²) in [7, 11) is 4.32. The Morgan fingerprint density at radius 3 is 2.44 bits per heavy atom. The highest BCUT2D eigenvalue weighted by molar-refractivity contribution is 5.31. The maximum absolute atomic E-state index is 12.0. The van der Waals surface area contributed by atoms with Crippen LogP contribution in [-0.2, 0) is 12.1 Å². The predicted octanol–water partition coefficient (Wildman–Crippen LogP) is 5.24. The van der Waals surface area contributed by atoms with Gasteiger partial charge in [-0.1, -0.05) is 49.6 Å². The molecular weight excluding hydrogens is 428 g/mol. The van der Waals surface area contributed by atoms with E-state index in [-0.39, 0.29) is 11.7 Å². The Balaban J connectivity index is 1.40. The zero-order valence-electron chi connectivity index (χ0n) is 20.3. The number of oxazole rings is 1. The standard InChI is InChI=1S/C28H36N2O4/c1-30(2,18-9-19-33-25-16-14-24(31)15-17-25)21-26-20-29-27(34-26)28(32,22-10-5-3-6-11-22)23-12-7-4-8-13-23/h3,5-6,10-11,14-17,20,23,32H,4,7-9,12-13,18-19,21H2,1-2H3/p+1. The fourth-order valence-corrected chi connectivity index (χ4v) is 5.03. The quantitative estimate of drug-likeness (QED) is 0.316. The van der Waals surface area contributed by atoms with Crippen molar-refractivity contribution in [2.45, 2.75) is 50.7 Å². The first-order valence-corrected chi connectivity index (χ1v) is 12.3. The third kappa shape index (κ3) is 5.80. The van der Waals surface area contributed by atoms with Crippen molar-refractivity contribution >= 4 is 0 Å². The van der Waals surface area contributed by atoms with Crippen LogP contribution in [0.15, 0.2) is 65.2 Å². The summed E-state index contributed by atoms with van der Waals surface area (Å²) in [4.78, 5) is 4.60. The van der Waals surface area contributed by atoms with E-state index in [1.54, 1.807) is 30.5 Å². The Kier molecular flexibility index (Phi) is 7.59. The van der Waals surface area contributed by atoms with Crippen LogP contribution in [0.2, 0.25) is 0 Å². The molecule has 6 nitrogen and oxygen atoms in total. The lowest BCUT2D eigenvalue weighted by molar-refractivity contribution is -0.904. The molecule has 1 heterocycles. The minimum absolute atomic E-state index is 0.106. The van der Waals surface area contributed by atoms with Crippen molar-refractivity contribution in [2.75, 3.05) is 27.2 Å². The number of ether oxygens (including phenoxy) is 1. The number of aromatic hydroxyl groups is 1. The van der Waals surface area contributed by atoms with Gasteiger partial charge in [-0.25, -0.2) is 4.98 Å². The lowest BCUT2D eigenvalue weighted by atomic mass is 9.73. The van der Waals surface area contributed by atoms with E-state index in [4.69, 9.17) is 9.15 Å². The van der Waals surface area contributed by atoms with E-state index >= 15 is 0 Å². The molecule has 0 aliphatic heterocycles. The molecule has 3 aromatic rings. The van der Waals surface area contributed by atoms with Crippen LogP contribution in [0.1, 0.15) is 55.7 Å². The number of phenolic OH excluding ortho intramolecular Hbond substituents is 1. The summed E-state index contributed by atoms with van der Waals surface area (Å²) in [5.41, 5.74) is -0.342. The summed E-state index contributed by atoms with van der Waals surface area (Å²) in [6.45, 7) is 2.19. The molecule has 1 aliphatic carbocycles. The zero-order chi connectivity index (χ0) is 24.0. The van der Waals surface area contributed by atoms with Gasteiger partial charge in [0, 0.05) is 12.3 Å². The summed E-state index contributed by atoms with van der Waals surface area (Å²) in [5.74, 6) is 2.29. The minimum atomic E-state index is -1.20. The van der Waals surface area contributed by atoms with Crippen LogP contribution in [0.25, 0.3) is 0 Å². The maximum atomic E-state index is 12.0. The molecule has 2 aromatic carbocycles. The Bertz CT molecular complexity index is 1030. The van der Waals surface area contributed by atoms with E-state index in [0.29, 0.717) is 19.0 Å². The zero-order valence-corrected chi connectivity index (χ0v) is 20.3. The van der Waals surface area contributed by atoms with Gasteiger partial charge in [0.15, 0.2) is 11.4 Å². The highest BCUT2D eigenvalue weighted by Crippen LogP contribution is 2.43. The molecule has 1 unspecified atom stereocenters. The van der Waals surface area contributed by atoms with Gasteiger partial charge >= 0.3 is 0 Å². The van der Waals surface area contributed by atoms with E-state index in [2.05, 4.69) is 19.1 Å². The number of aliphatic hydroxyl groups is 1. The molecule has 2 N–H and O–H groups in total. The van der Waals surface area contributed by atoms with Crippen LogP contribution >= 0.6 is 0 Å². The second-order valence-corrected chi connectivity index (χ2v) is 10.1. The first kappa shape index (κ1) is 24.3. The van der Waals surface area contributed by atoms with Crippen LogP contribution in [0.4, 0.5) is 0 Å². The largest absolute Gasteiger partial charge is 0.508 e. The molecule has 1 atom stereocenters. The van der Waals surface area contributed by atoms with Gasteiger partial charge in [-0.15, -0.1) is 0 Å². The summed E-state index contributed by atoms with van der Waals surface area (Å²) >= 11 is 0.